The van der Waals surface area contributed by atoms with E-state index < -0.39 is 17.6 Å². The molecule has 0 aliphatic carbocycles. The first-order valence-corrected chi connectivity index (χ1v) is 6.63. The molecule has 6 heteroatoms. The summed E-state index contributed by atoms with van der Waals surface area (Å²) >= 11 is 3.22. The van der Waals surface area contributed by atoms with Crippen molar-refractivity contribution in [2.24, 2.45) is 0 Å². The second kappa shape index (κ2) is 5.77. The molecule has 1 heterocycles. The molecular formula is C13H18BrNO4. The summed E-state index contributed by atoms with van der Waals surface area (Å²) in [6, 6.07) is 0.647. The van der Waals surface area contributed by atoms with Crippen LogP contribution in [-0.4, -0.2) is 23.2 Å². The summed E-state index contributed by atoms with van der Waals surface area (Å²) in [6.45, 7) is 6.95. The van der Waals surface area contributed by atoms with Crippen LogP contribution in [0.4, 0.5) is 0 Å². The van der Waals surface area contributed by atoms with Crippen molar-refractivity contribution in [3.8, 4) is 5.75 Å². The molecule has 19 heavy (non-hydrogen) atoms. The Balaban J connectivity index is 3.09. The number of esters is 1. The van der Waals surface area contributed by atoms with Gasteiger partial charge in [0.15, 0.2) is 0 Å². The number of carbonyl (C=O) groups excluding carboxylic acids is 1. The smallest absolute Gasteiger partial charge is 0.329 e. The lowest BCUT2D eigenvalue weighted by molar-refractivity contribution is -0.158. The number of nitrogens with zero attached hydrogens (tertiary/aromatic N) is 1. The minimum absolute atomic E-state index is 0.300. The SMILES string of the molecule is COc1cn(C(C)C(=O)OC(C)(C)C)c(=O)cc1Br. The molecule has 1 rings (SSSR count). The predicted molar refractivity (Wildman–Crippen MR) is 75.5 cm³/mol. The molecule has 0 bridgehead atoms. The third-order valence-electron chi connectivity index (χ3n) is 2.38. The maximum atomic E-state index is 12.0. The van der Waals surface area contributed by atoms with Crippen LogP contribution in [0, 0.1) is 0 Å². The van der Waals surface area contributed by atoms with Gasteiger partial charge in [-0.15, -0.1) is 0 Å². The first-order valence-electron chi connectivity index (χ1n) is 5.84. The lowest BCUT2D eigenvalue weighted by Crippen LogP contribution is -2.33. The van der Waals surface area contributed by atoms with E-state index in [1.54, 1.807) is 27.7 Å². The van der Waals surface area contributed by atoms with E-state index in [1.165, 1.54) is 23.9 Å². The van der Waals surface area contributed by atoms with Gasteiger partial charge in [-0.2, -0.15) is 0 Å². The Hall–Kier alpha value is -1.30. The maximum Gasteiger partial charge on any atom is 0.329 e. The lowest BCUT2D eigenvalue weighted by Gasteiger charge is -2.23. The summed E-state index contributed by atoms with van der Waals surface area (Å²) < 4.78 is 12.2. The molecule has 106 valence electrons. The average Bonchev–Trinajstić information content (AvgIpc) is 2.26. The van der Waals surface area contributed by atoms with Gasteiger partial charge < -0.3 is 9.47 Å². The van der Waals surface area contributed by atoms with Gasteiger partial charge in [-0.25, -0.2) is 4.79 Å². The van der Waals surface area contributed by atoms with Gasteiger partial charge in [-0.05, 0) is 43.6 Å². The highest BCUT2D eigenvalue weighted by Gasteiger charge is 2.24. The Labute approximate surface area is 120 Å². The third kappa shape index (κ3) is 4.09. The number of halogens is 1. The maximum absolute atomic E-state index is 12.0. The molecule has 5 nitrogen and oxygen atoms in total. The van der Waals surface area contributed by atoms with Crippen molar-refractivity contribution in [1.29, 1.82) is 0 Å². The fourth-order valence-corrected chi connectivity index (χ4v) is 1.92. The number of hydrogen-bond acceptors (Lipinski definition) is 4. The Morgan fingerprint density at radius 3 is 2.47 bits per heavy atom. The Morgan fingerprint density at radius 2 is 2.00 bits per heavy atom. The second-order valence-corrected chi connectivity index (χ2v) is 6.00. The van der Waals surface area contributed by atoms with E-state index in [9.17, 15) is 9.59 Å². The highest BCUT2D eigenvalue weighted by Crippen LogP contribution is 2.23. The Bertz CT molecular complexity index is 530. The zero-order chi connectivity index (χ0) is 14.8. The van der Waals surface area contributed by atoms with E-state index in [1.807, 2.05) is 0 Å². The fourth-order valence-electron chi connectivity index (χ4n) is 1.46. The molecule has 1 aromatic rings. The van der Waals surface area contributed by atoms with Gasteiger partial charge in [-0.3, -0.25) is 9.36 Å². The van der Waals surface area contributed by atoms with Crippen molar-refractivity contribution in [1.82, 2.24) is 4.57 Å². The van der Waals surface area contributed by atoms with Gasteiger partial charge in [0.1, 0.15) is 17.4 Å². The predicted octanol–water partition coefficient (Wildman–Crippen LogP) is 2.52. The molecule has 0 fully saturated rings. The van der Waals surface area contributed by atoms with Crippen molar-refractivity contribution >= 4 is 21.9 Å². The van der Waals surface area contributed by atoms with Gasteiger partial charge in [0, 0.05) is 6.07 Å². The van der Waals surface area contributed by atoms with E-state index in [-0.39, 0.29) is 5.56 Å². The van der Waals surface area contributed by atoms with Gasteiger partial charge in [0.05, 0.1) is 17.8 Å². The molecule has 1 unspecified atom stereocenters. The lowest BCUT2D eigenvalue weighted by atomic mass is 10.2. The number of ether oxygens (including phenoxy) is 2. The molecule has 0 aliphatic heterocycles. The van der Waals surface area contributed by atoms with Crippen LogP contribution in [0.1, 0.15) is 33.7 Å². The summed E-state index contributed by atoms with van der Waals surface area (Å²) in [5.41, 5.74) is -0.889. The number of pyridine rings is 1. The largest absolute Gasteiger partial charge is 0.494 e. The molecular weight excluding hydrogens is 314 g/mol. The van der Waals surface area contributed by atoms with Crippen LogP contribution in [0.2, 0.25) is 0 Å². The van der Waals surface area contributed by atoms with Gasteiger partial charge in [-0.1, -0.05) is 0 Å². The van der Waals surface area contributed by atoms with Gasteiger partial charge in [0.2, 0.25) is 0 Å². The molecule has 0 aromatic carbocycles. The first kappa shape index (κ1) is 15.8. The molecule has 0 saturated carbocycles. The standard InChI is InChI=1S/C13H18BrNO4/c1-8(12(17)19-13(2,3)4)15-7-10(18-5)9(14)6-11(15)16/h6-8H,1-5H3. The van der Waals surface area contributed by atoms with E-state index in [0.29, 0.717) is 10.2 Å². The Morgan fingerprint density at radius 1 is 1.42 bits per heavy atom. The first-order chi connectivity index (χ1) is 8.65. The van der Waals surface area contributed by atoms with Crippen LogP contribution in [-0.2, 0) is 9.53 Å². The van der Waals surface area contributed by atoms with Crippen molar-refractivity contribution in [2.45, 2.75) is 39.3 Å². The number of rotatable bonds is 3. The van der Waals surface area contributed by atoms with Crippen LogP contribution >= 0.6 is 15.9 Å². The highest BCUT2D eigenvalue weighted by molar-refractivity contribution is 9.10. The zero-order valence-corrected chi connectivity index (χ0v) is 13.3. The van der Waals surface area contributed by atoms with Crippen LogP contribution in [0.5, 0.6) is 5.75 Å². The van der Waals surface area contributed by atoms with Gasteiger partial charge in [0.25, 0.3) is 5.56 Å². The van der Waals surface area contributed by atoms with Crippen LogP contribution in [0.15, 0.2) is 21.5 Å². The number of aromatic nitrogens is 1. The van der Waals surface area contributed by atoms with Crippen LogP contribution in [0.25, 0.3) is 0 Å². The Kier molecular flexibility index (Phi) is 4.79. The van der Waals surface area contributed by atoms with E-state index in [2.05, 4.69) is 15.9 Å². The molecule has 0 aliphatic rings. The summed E-state index contributed by atoms with van der Waals surface area (Å²) in [6.07, 6.45) is 1.49. The van der Waals surface area contributed by atoms with Crippen molar-refractivity contribution in [3.05, 3.63) is 27.1 Å². The molecule has 0 saturated heterocycles. The number of hydrogen-bond donors (Lipinski definition) is 0. The minimum Gasteiger partial charge on any atom is -0.494 e. The van der Waals surface area contributed by atoms with Crippen molar-refractivity contribution < 1.29 is 14.3 Å². The zero-order valence-electron chi connectivity index (χ0n) is 11.7. The summed E-state index contributed by atoms with van der Waals surface area (Å²) in [4.78, 5) is 23.9. The van der Waals surface area contributed by atoms with Crippen molar-refractivity contribution in [3.63, 3.8) is 0 Å². The van der Waals surface area contributed by atoms with E-state index >= 15 is 0 Å². The number of methoxy groups -OCH3 is 1. The summed E-state index contributed by atoms with van der Waals surface area (Å²) in [7, 11) is 1.49. The molecule has 0 radical (unpaired) electrons. The average molecular weight is 332 g/mol. The van der Waals surface area contributed by atoms with Crippen LogP contribution < -0.4 is 10.3 Å². The van der Waals surface area contributed by atoms with Crippen molar-refractivity contribution in [2.75, 3.05) is 7.11 Å². The fraction of sp³-hybridized carbons (Fsp3) is 0.538. The monoisotopic (exact) mass is 331 g/mol. The third-order valence-corrected chi connectivity index (χ3v) is 3.00. The highest BCUT2D eigenvalue weighted by atomic mass is 79.9. The molecule has 0 N–H and O–H groups in total. The summed E-state index contributed by atoms with van der Waals surface area (Å²) in [5, 5.41) is 0. The van der Waals surface area contributed by atoms with Crippen LogP contribution in [0.3, 0.4) is 0 Å². The normalized spacial score (nSPS) is 12.9. The molecule has 0 spiro atoms. The van der Waals surface area contributed by atoms with Gasteiger partial charge >= 0.3 is 5.97 Å². The second-order valence-electron chi connectivity index (χ2n) is 5.14. The molecule has 1 atom stereocenters. The van der Waals surface area contributed by atoms with E-state index in [0.717, 1.165) is 0 Å². The van der Waals surface area contributed by atoms with E-state index in [4.69, 9.17) is 9.47 Å². The minimum atomic E-state index is -0.714. The summed E-state index contributed by atoms with van der Waals surface area (Å²) in [5.74, 6) is 0.0222. The molecule has 1 aromatic heterocycles. The topological polar surface area (TPSA) is 57.5 Å². The number of carbonyl (C=O) groups is 1. The quantitative estimate of drug-likeness (QED) is 0.798. The molecule has 0 amide bonds.